The molecule has 0 spiro atoms. The van der Waals surface area contributed by atoms with Crippen LogP contribution in [-0.2, 0) is 11.6 Å². The maximum absolute atomic E-state index is 12.8. The highest BCUT2D eigenvalue weighted by atomic mass is 19.4. The minimum Gasteiger partial charge on any atom is -0.507 e. The topological polar surface area (TPSA) is 46.2 Å². The van der Waals surface area contributed by atoms with Crippen molar-refractivity contribution in [3.63, 3.8) is 0 Å². The smallest absolute Gasteiger partial charge is 0.419 e. The van der Waals surface area contributed by atoms with E-state index in [0.29, 0.717) is 12.1 Å². The summed E-state index contributed by atoms with van der Waals surface area (Å²) >= 11 is 0. The fourth-order valence-electron chi connectivity index (χ4n) is 2.76. The van der Waals surface area contributed by atoms with Crippen molar-refractivity contribution < 1.29 is 18.3 Å². The Balaban J connectivity index is 2.46. The molecule has 0 amide bonds. The van der Waals surface area contributed by atoms with Crippen LogP contribution < -0.4 is 5.73 Å². The molecule has 1 fully saturated rings. The van der Waals surface area contributed by atoms with Crippen LogP contribution in [0.25, 0.3) is 0 Å². The number of nitrogens with two attached hydrogens (primary N) is 1. The molecule has 1 aliphatic carbocycles. The molecule has 3 N–H and O–H groups in total. The fraction of sp³-hybridized carbons (Fsp3) is 0.538. The van der Waals surface area contributed by atoms with Crippen molar-refractivity contribution in [2.75, 3.05) is 6.54 Å². The predicted molar refractivity (Wildman–Crippen MR) is 62.3 cm³/mol. The molecular weight excluding hydrogens is 243 g/mol. The van der Waals surface area contributed by atoms with Crippen molar-refractivity contribution in [1.82, 2.24) is 0 Å². The van der Waals surface area contributed by atoms with Crippen molar-refractivity contribution in [1.29, 1.82) is 0 Å². The molecule has 2 rings (SSSR count). The standard InChI is InChI=1S/C13H16F3NO/c14-13(15,16)10-7-9(3-4-11(10)18)12(8-17)5-1-2-6-12/h3-4,7,18H,1-2,5-6,8,17H2. The molecule has 5 heteroatoms. The Morgan fingerprint density at radius 1 is 1.22 bits per heavy atom. The summed E-state index contributed by atoms with van der Waals surface area (Å²) in [6.07, 6.45) is -0.940. The second-order valence-corrected chi connectivity index (χ2v) is 4.92. The van der Waals surface area contributed by atoms with Gasteiger partial charge in [0.05, 0.1) is 5.56 Å². The van der Waals surface area contributed by atoms with Gasteiger partial charge in [-0.1, -0.05) is 18.9 Å². The predicted octanol–water partition coefficient (Wildman–Crippen LogP) is 3.18. The lowest BCUT2D eigenvalue weighted by Gasteiger charge is -2.28. The van der Waals surface area contributed by atoms with Gasteiger partial charge in [0.15, 0.2) is 0 Å². The second kappa shape index (κ2) is 4.46. The van der Waals surface area contributed by atoms with Gasteiger partial charge in [0.1, 0.15) is 5.75 Å². The van der Waals surface area contributed by atoms with Crippen molar-refractivity contribution in [2.24, 2.45) is 5.73 Å². The van der Waals surface area contributed by atoms with Crippen molar-refractivity contribution in [2.45, 2.75) is 37.3 Å². The Morgan fingerprint density at radius 3 is 2.33 bits per heavy atom. The summed E-state index contributed by atoms with van der Waals surface area (Å²) in [5, 5.41) is 9.32. The van der Waals surface area contributed by atoms with Gasteiger partial charge < -0.3 is 10.8 Å². The lowest BCUT2D eigenvalue weighted by molar-refractivity contribution is -0.138. The van der Waals surface area contributed by atoms with E-state index in [9.17, 15) is 18.3 Å². The molecule has 0 unspecified atom stereocenters. The van der Waals surface area contributed by atoms with Crippen LogP contribution in [0.1, 0.15) is 36.8 Å². The van der Waals surface area contributed by atoms with E-state index in [0.717, 1.165) is 37.8 Å². The van der Waals surface area contributed by atoms with Gasteiger partial charge in [0, 0.05) is 12.0 Å². The SMILES string of the molecule is NCC1(c2ccc(O)c(C(F)(F)F)c2)CCCC1. The molecule has 0 bridgehead atoms. The zero-order valence-electron chi connectivity index (χ0n) is 9.93. The van der Waals surface area contributed by atoms with Crippen molar-refractivity contribution >= 4 is 0 Å². The number of aromatic hydroxyl groups is 1. The summed E-state index contributed by atoms with van der Waals surface area (Å²) < 4.78 is 38.3. The quantitative estimate of drug-likeness (QED) is 0.856. The van der Waals surface area contributed by atoms with Gasteiger partial charge >= 0.3 is 6.18 Å². The number of hydrogen-bond donors (Lipinski definition) is 2. The van der Waals surface area contributed by atoms with Crippen LogP contribution in [0.2, 0.25) is 0 Å². The summed E-state index contributed by atoms with van der Waals surface area (Å²) in [5.74, 6) is -0.726. The van der Waals surface area contributed by atoms with E-state index in [1.165, 1.54) is 0 Å². The number of halogens is 3. The average molecular weight is 259 g/mol. The molecule has 100 valence electrons. The number of phenols is 1. The van der Waals surface area contributed by atoms with Crippen LogP contribution in [0, 0.1) is 0 Å². The summed E-state index contributed by atoms with van der Waals surface area (Å²) in [6, 6.07) is 3.73. The third kappa shape index (κ3) is 2.19. The Morgan fingerprint density at radius 2 is 1.83 bits per heavy atom. The third-order valence-corrected chi connectivity index (χ3v) is 3.87. The van der Waals surface area contributed by atoms with Gasteiger partial charge in [0.2, 0.25) is 0 Å². The third-order valence-electron chi connectivity index (χ3n) is 3.87. The van der Waals surface area contributed by atoms with Crippen LogP contribution >= 0.6 is 0 Å². The number of rotatable bonds is 2. The van der Waals surface area contributed by atoms with Gasteiger partial charge in [-0.25, -0.2) is 0 Å². The van der Waals surface area contributed by atoms with E-state index < -0.39 is 17.5 Å². The zero-order valence-corrected chi connectivity index (χ0v) is 9.93. The zero-order chi connectivity index (χ0) is 13.4. The Labute approximate surface area is 104 Å². The molecule has 0 aromatic heterocycles. The summed E-state index contributed by atoms with van der Waals surface area (Å²) in [7, 11) is 0. The van der Waals surface area contributed by atoms with Crippen molar-refractivity contribution in [3.8, 4) is 5.75 Å². The molecule has 2 nitrogen and oxygen atoms in total. The first-order valence-corrected chi connectivity index (χ1v) is 6.00. The van der Waals surface area contributed by atoms with E-state index in [2.05, 4.69) is 0 Å². The minimum absolute atomic E-state index is 0.342. The van der Waals surface area contributed by atoms with E-state index in [4.69, 9.17) is 5.73 Å². The number of hydrogen-bond acceptors (Lipinski definition) is 2. The molecule has 1 aromatic carbocycles. The Kier molecular flexibility index (Phi) is 3.27. The van der Waals surface area contributed by atoms with Crippen LogP contribution in [0.15, 0.2) is 18.2 Å². The van der Waals surface area contributed by atoms with E-state index >= 15 is 0 Å². The average Bonchev–Trinajstić information content (AvgIpc) is 2.78. The largest absolute Gasteiger partial charge is 0.507 e. The summed E-state index contributed by atoms with van der Waals surface area (Å²) in [5.41, 5.74) is 5.02. The van der Waals surface area contributed by atoms with E-state index in [1.54, 1.807) is 6.07 Å². The molecule has 0 saturated heterocycles. The lowest BCUT2D eigenvalue weighted by atomic mass is 9.78. The highest BCUT2D eigenvalue weighted by Gasteiger charge is 2.38. The minimum atomic E-state index is -4.53. The molecule has 0 atom stereocenters. The number of phenolic OH excluding ortho intramolecular Hbond substituents is 1. The van der Waals surface area contributed by atoms with Gasteiger partial charge in [-0.2, -0.15) is 13.2 Å². The molecule has 0 aliphatic heterocycles. The molecule has 0 heterocycles. The van der Waals surface area contributed by atoms with Crippen LogP contribution in [0.3, 0.4) is 0 Å². The normalized spacial score (nSPS) is 19.1. The lowest BCUT2D eigenvalue weighted by Crippen LogP contribution is -2.32. The highest BCUT2D eigenvalue weighted by molar-refractivity contribution is 5.41. The van der Waals surface area contributed by atoms with Crippen molar-refractivity contribution in [3.05, 3.63) is 29.3 Å². The first kappa shape index (κ1) is 13.2. The maximum atomic E-state index is 12.8. The van der Waals surface area contributed by atoms with Gasteiger partial charge in [0.25, 0.3) is 0 Å². The molecular formula is C13H16F3NO. The van der Waals surface area contributed by atoms with Gasteiger partial charge in [-0.3, -0.25) is 0 Å². The maximum Gasteiger partial charge on any atom is 0.419 e. The van der Waals surface area contributed by atoms with Crippen LogP contribution in [0.5, 0.6) is 5.75 Å². The van der Waals surface area contributed by atoms with Gasteiger partial charge in [-0.05, 0) is 30.5 Å². The molecule has 1 saturated carbocycles. The summed E-state index contributed by atoms with van der Waals surface area (Å²) in [6.45, 7) is 0.342. The first-order valence-electron chi connectivity index (χ1n) is 6.00. The highest BCUT2D eigenvalue weighted by Crippen LogP contribution is 2.44. The molecule has 1 aromatic rings. The van der Waals surface area contributed by atoms with Crippen LogP contribution in [0.4, 0.5) is 13.2 Å². The number of alkyl halides is 3. The Hall–Kier alpha value is -1.23. The van der Waals surface area contributed by atoms with Gasteiger partial charge in [-0.15, -0.1) is 0 Å². The summed E-state index contributed by atoms with van der Waals surface area (Å²) in [4.78, 5) is 0. The number of benzene rings is 1. The van der Waals surface area contributed by atoms with E-state index in [1.807, 2.05) is 0 Å². The fourth-order valence-corrected chi connectivity index (χ4v) is 2.76. The molecule has 0 radical (unpaired) electrons. The second-order valence-electron chi connectivity index (χ2n) is 4.92. The Bertz CT molecular complexity index is 436. The monoisotopic (exact) mass is 259 g/mol. The first-order chi connectivity index (χ1) is 8.39. The van der Waals surface area contributed by atoms with Crippen LogP contribution in [-0.4, -0.2) is 11.7 Å². The van der Waals surface area contributed by atoms with E-state index in [-0.39, 0.29) is 5.41 Å². The molecule has 1 aliphatic rings. The molecule has 18 heavy (non-hydrogen) atoms.